The molecule has 0 heterocycles. The second-order valence-corrected chi connectivity index (χ2v) is 6.81. The Hall–Kier alpha value is -2.98. The number of ether oxygens (including phenoxy) is 2. The molecule has 154 valence electrons. The van der Waals surface area contributed by atoms with Crippen molar-refractivity contribution in [3.05, 3.63) is 68.2 Å². The minimum atomic E-state index is -1.06. The van der Waals surface area contributed by atoms with Gasteiger partial charge in [0, 0.05) is 29.8 Å². The Labute approximate surface area is 175 Å². The van der Waals surface area contributed by atoms with Crippen molar-refractivity contribution < 1.29 is 24.0 Å². The molecule has 2 aromatic carbocycles. The van der Waals surface area contributed by atoms with Crippen LogP contribution in [0.4, 0.5) is 11.4 Å². The van der Waals surface area contributed by atoms with Gasteiger partial charge in [-0.2, -0.15) is 0 Å². The summed E-state index contributed by atoms with van der Waals surface area (Å²) in [5.74, 6) is -1.30. The average Bonchev–Trinajstić information content (AvgIpc) is 2.72. The Morgan fingerprint density at radius 2 is 1.86 bits per heavy atom. The summed E-state index contributed by atoms with van der Waals surface area (Å²) < 4.78 is 10.5. The molecule has 0 bridgehead atoms. The van der Waals surface area contributed by atoms with Crippen molar-refractivity contribution in [2.24, 2.45) is 0 Å². The number of nitrogens with zero attached hydrogens (tertiary/aromatic N) is 1. The van der Waals surface area contributed by atoms with Crippen LogP contribution in [0.25, 0.3) is 0 Å². The number of methoxy groups -OCH3 is 2. The predicted molar refractivity (Wildman–Crippen MR) is 110 cm³/mol. The lowest BCUT2D eigenvalue weighted by Crippen LogP contribution is -2.34. The van der Waals surface area contributed by atoms with Crippen molar-refractivity contribution in [2.75, 3.05) is 32.7 Å². The first-order valence-electron chi connectivity index (χ1n) is 8.52. The molecule has 0 aromatic heterocycles. The zero-order valence-corrected chi connectivity index (χ0v) is 17.4. The fourth-order valence-corrected chi connectivity index (χ4v) is 2.79. The summed E-state index contributed by atoms with van der Waals surface area (Å²) in [5, 5.41) is 16.8. The Morgan fingerprint density at radius 3 is 2.45 bits per heavy atom. The van der Waals surface area contributed by atoms with Gasteiger partial charge in [0.1, 0.15) is 5.69 Å². The second kappa shape index (κ2) is 10.5. The van der Waals surface area contributed by atoms with E-state index in [4.69, 9.17) is 9.47 Å². The van der Waals surface area contributed by atoms with Gasteiger partial charge >= 0.3 is 5.97 Å². The standard InChI is InChI=1S/C19H20BrN3O6/c1-28-10-9-21-15-8-5-13(11-16(15)23(26)27)18(24)22-17(19(25)29-2)12-3-6-14(20)7-4-12/h3-8,11,17,21H,9-10H2,1-2H3,(H,22,24). The van der Waals surface area contributed by atoms with Crippen molar-refractivity contribution in [3.8, 4) is 0 Å². The Morgan fingerprint density at radius 1 is 1.17 bits per heavy atom. The van der Waals surface area contributed by atoms with Crippen LogP contribution in [-0.2, 0) is 14.3 Å². The quantitative estimate of drug-likeness (QED) is 0.252. The number of anilines is 1. The van der Waals surface area contributed by atoms with Gasteiger partial charge in [0.2, 0.25) is 0 Å². The number of rotatable bonds is 9. The topological polar surface area (TPSA) is 120 Å². The van der Waals surface area contributed by atoms with Crippen molar-refractivity contribution in [3.63, 3.8) is 0 Å². The van der Waals surface area contributed by atoms with Crippen LogP contribution in [-0.4, -0.2) is 44.2 Å². The van der Waals surface area contributed by atoms with Gasteiger partial charge in [-0.05, 0) is 29.8 Å². The van der Waals surface area contributed by atoms with Crippen LogP contribution in [0.3, 0.4) is 0 Å². The first-order chi connectivity index (χ1) is 13.9. The SMILES string of the molecule is COCCNc1ccc(C(=O)NC(C(=O)OC)c2ccc(Br)cc2)cc1[N+](=O)[O-]. The van der Waals surface area contributed by atoms with E-state index in [1.165, 1.54) is 26.4 Å². The summed E-state index contributed by atoms with van der Waals surface area (Å²) in [6, 6.07) is 9.75. The smallest absolute Gasteiger partial charge is 0.333 e. The lowest BCUT2D eigenvalue weighted by molar-refractivity contribution is -0.384. The van der Waals surface area contributed by atoms with Crippen LogP contribution >= 0.6 is 15.9 Å². The lowest BCUT2D eigenvalue weighted by atomic mass is 10.1. The van der Waals surface area contributed by atoms with E-state index in [-0.39, 0.29) is 16.9 Å². The van der Waals surface area contributed by atoms with Crippen molar-refractivity contribution >= 4 is 39.2 Å². The summed E-state index contributed by atoms with van der Waals surface area (Å²) in [5.41, 5.74) is 0.564. The van der Waals surface area contributed by atoms with Crippen molar-refractivity contribution in [1.29, 1.82) is 0 Å². The molecule has 29 heavy (non-hydrogen) atoms. The second-order valence-electron chi connectivity index (χ2n) is 5.89. The monoisotopic (exact) mass is 465 g/mol. The van der Waals surface area contributed by atoms with Gasteiger partial charge in [-0.25, -0.2) is 4.79 Å². The number of carbonyl (C=O) groups excluding carboxylic acids is 2. The average molecular weight is 466 g/mol. The molecule has 0 saturated heterocycles. The van der Waals surface area contributed by atoms with E-state index >= 15 is 0 Å². The molecule has 1 amide bonds. The largest absolute Gasteiger partial charge is 0.467 e. The molecular weight excluding hydrogens is 446 g/mol. The van der Waals surface area contributed by atoms with Gasteiger partial charge in [0.15, 0.2) is 6.04 Å². The Kier molecular flexibility index (Phi) is 8.10. The fourth-order valence-electron chi connectivity index (χ4n) is 2.53. The van der Waals surface area contributed by atoms with Gasteiger partial charge in [-0.1, -0.05) is 28.1 Å². The van der Waals surface area contributed by atoms with E-state index in [0.29, 0.717) is 18.7 Å². The van der Waals surface area contributed by atoms with E-state index in [9.17, 15) is 19.7 Å². The number of hydrogen-bond donors (Lipinski definition) is 2. The minimum Gasteiger partial charge on any atom is -0.467 e. The molecule has 0 radical (unpaired) electrons. The van der Waals surface area contributed by atoms with Crippen LogP contribution < -0.4 is 10.6 Å². The molecule has 1 unspecified atom stereocenters. The highest BCUT2D eigenvalue weighted by atomic mass is 79.9. The first-order valence-corrected chi connectivity index (χ1v) is 9.32. The highest BCUT2D eigenvalue weighted by Crippen LogP contribution is 2.26. The molecule has 0 fully saturated rings. The number of esters is 1. The van der Waals surface area contributed by atoms with E-state index in [0.717, 1.165) is 10.5 Å². The van der Waals surface area contributed by atoms with E-state index < -0.39 is 22.8 Å². The number of carbonyl (C=O) groups is 2. The molecule has 2 rings (SSSR count). The van der Waals surface area contributed by atoms with Crippen LogP contribution in [0.1, 0.15) is 22.0 Å². The third kappa shape index (κ3) is 6.00. The van der Waals surface area contributed by atoms with E-state index in [1.54, 1.807) is 24.3 Å². The maximum Gasteiger partial charge on any atom is 0.333 e. The predicted octanol–water partition coefficient (Wildman–Crippen LogP) is 3.06. The molecule has 2 aromatic rings. The molecule has 10 heteroatoms. The number of nitrogens with one attached hydrogen (secondary N) is 2. The minimum absolute atomic E-state index is 0.0417. The number of halogens is 1. The van der Waals surface area contributed by atoms with E-state index in [1.807, 2.05) is 0 Å². The molecule has 1 atom stereocenters. The summed E-state index contributed by atoms with van der Waals surface area (Å²) in [6.07, 6.45) is 0. The van der Waals surface area contributed by atoms with E-state index in [2.05, 4.69) is 26.6 Å². The van der Waals surface area contributed by atoms with Gasteiger partial charge in [0.25, 0.3) is 11.6 Å². The molecule has 0 saturated carbocycles. The van der Waals surface area contributed by atoms with Crippen molar-refractivity contribution in [1.82, 2.24) is 5.32 Å². The first kappa shape index (κ1) is 22.3. The molecule has 0 spiro atoms. The maximum absolute atomic E-state index is 12.7. The Balaban J connectivity index is 2.26. The number of benzene rings is 2. The fraction of sp³-hybridized carbons (Fsp3) is 0.263. The highest BCUT2D eigenvalue weighted by Gasteiger charge is 2.25. The van der Waals surface area contributed by atoms with Gasteiger partial charge < -0.3 is 20.1 Å². The molecule has 0 aliphatic heterocycles. The van der Waals surface area contributed by atoms with Crippen LogP contribution in [0, 0.1) is 10.1 Å². The van der Waals surface area contributed by atoms with Crippen LogP contribution in [0.15, 0.2) is 46.9 Å². The summed E-state index contributed by atoms with van der Waals surface area (Å²) in [6.45, 7) is 0.740. The van der Waals surface area contributed by atoms with Gasteiger partial charge in [-0.15, -0.1) is 0 Å². The molecule has 0 aliphatic rings. The van der Waals surface area contributed by atoms with Gasteiger partial charge in [0.05, 0.1) is 18.6 Å². The van der Waals surface area contributed by atoms with Crippen LogP contribution in [0.5, 0.6) is 0 Å². The summed E-state index contributed by atoms with van der Waals surface area (Å²) in [4.78, 5) is 35.6. The lowest BCUT2D eigenvalue weighted by Gasteiger charge is -2.17. The van der Waals surface area contributed by atoms with Crippen LogP contribution in [0.2, 0.25) is 0 Å². The number of hydrogen-bond acceptors (Lipinski definition) is 7. The zero-order chi connectivity index (χ0) is 21.4. The molecule has 0 aliphatic carbocycles. The highest BCUT2D eigenvalue weighted by molar-refractivity contribution is 9.10. The number of amides is 1. The number of nitro groups is 1. The van der Waals surface area contributed by atoms with Gasteiger partial charge in [-0.3, -0.25) is 14.9 Å². The summed E-state index contributed by atoms with van der Waals surface area (Å²) in [7, 11) is 2.73. The molecular formula is C19H20BrN3O6. The Bertz CT molecular complexity index is 888. The maximum atomic E-state index is 12.7. The third-order valence-corrected chi connectivity index (χ3v) is 4.52. The van der Waals surface area contributed by atoms with Crippen molar-refractivity contribution in [2.45, 2.75) is 6.04 Å². The molecule has 2 N–H and O–H groups in total. The molecule has 9 nitrogen and oxygen atoms in total. The number of nitro benzene ring substituents is 1. The zero-order valence-electron chi connectivity index (χ0n) is 15.8. The summed E-state index contributed by atoms with van der Waals surface area (Å²) >= 11 is 3.31. The normalized spacial score (nSPS) is 11.4. The third-order valence-electron chi connectivity index (χ3n) is 3.99.